The van der Waals surface area contributed by atoms with Gasteiger partial charge in [-0.05, 0) is 75.1 Å². The van der Waals surface area contributed by atoms with Gasteiger partial charge in [0.15, 0.2) is 0 Å². The van der Waals surface area contributed by atoms with Crippen molar-refractivity contribution in [3.05, 3.63) is 154 Å². The highest BCUT2D eigenvalue weighted by Gasteiger charge is 2.18. The molecule has 2 heterocycles. The third-order valence-corrected chi connectivity index (χ3v) is 8.67. The molecule has 206 valence electrons. The summed E-state index contributed by atoms with van der Waals surface area (Å²) in [5.41, 5.74) is 4.98. The first kappa shape index (κ1) is 24.6. The van der Waals surface area contributed by atoms with Crippen LogP contribution >= 0.6 is 0 Å². The van der Waals surface area contributed by atoms with Crippen molar-refractivity contribution >= 4 is 65.4 Å². The molecule has 44 heavy (non-hydrogen) atoms. The number of benzene rings is 7. The lowest BCUT2D eigenvalue weighted by Crippen LogP contribution is -2.05. The summed E-state index contributed by atoms with van der Waals surface area (Å²) in [5, 5.41) is 6.68. The average molecular weight is 567 g/mol. The van der Waals surface area contributed by atoms with Crippen LogP contribution in [-0.4, -0.2) is 0 Å². The summed E-state index contributed by atoms with van der Waals surface area (Å²) < 4.78 is 12.6. The SMILES string of the molecule is O=c1c2ccccc2oc2c(-c3cccc4oc5ccc(-c6ccc7c(ccc8ccccc87)c6)cc5c(=O)c34)cccc12. The molecule has 0 unspecified atom stereocenters. The molecule has 4 heteroatoms. The summed E-state index contributed by atoms with van der Waals surface area (Å²) in [4.78, 5) is 27.6. The number of fused-ring (bicyclic) bond motifs is 7. The molecule has 0 aliphatic rings. The standard InChI is InChI=1S/C40H22O4/c41-38-31-9-3-4-13-34(31)44-40-30(11-5-12-32(38)40)29-10-6-14-36-37(29)39(42)33-22-25(18-20-35(33)43-36)24-17-19-28-26(21-24)16-15-23-7-1-2-8-27(23)28/h1-22H. The maximum Gasteiger partial charge on any atom is 0.201 e. The Balaban J connectivity index is 1.27. The Hall–Kier alpha value is -6.00. The Kier molecular flexibility index (Phi) is 5.17. The van der Waals surface area contributed by atoms with Gasteiger partial charge in [-0.3, -0.25) is 9.59 Å². The first-order valence-corrected chi connectivity index (χ1v) is 14.5. The topological polar surface area (TPSA) is 60.4 Å². The summed E-state index contributed by atoms with van der Waals surface area (Å²) in [7, 11) is 0. The monoisotopic (exact) mass is 566 g/mol. The number of para-hydroxylation sites is 2. The summed E-state index contributed by atoms with van der Waals surface area (Å²) in [6.45, 7) is 0. The van der Waals surface area contributed by atoms with Gasteiger partial charge in [-0.1, -0.05) is 91.0 Å². The predicted octanol–water partition coefficient (Wildman–Crippen LogP) is 9.85. The largest absolute Gasteiger partial charge is 0.456 e. The van der Waals surface area contributed by atoms with Crippen LogP contribution in [0.2, 0.25) is 0 Å². The van der Waals surface area contributed by atoms with Crippen LogP contribution in [0.5, 0.6) is 0 Å². The Morgan fingerprint density at radius 3 is 1.98 bits per heavy atom. The maximum atomic E-state index is 14.3. The highest BCUT2D eigenvalue weighted by molar-refractivity contribution is 6.09. The Morgan fingerprint density at radius 2 is 1.05 bits per heavy atom. The lowest BCUT2D eigenvalue weighted by Gasteiger charge is -2.11. The van der Waals surface area contributed by atoms with Crippen LogP contribution in [-0.2, 0) is 0 Å². The van der Waals surface area contributed by atoms with Crippen molar-refractivity contribution in [1.29, 1.82) is 0 Å². The second kappa shape index (κ2) is 9.25. The fraction of sp³-hybridized carbons (Fsp3) is 0. The fourth-order valence-electron chi connectivity index (χ4n) is 6.53. The smallest absolute Gasteiger partial charge is 0.201 e. The molecule has 0 saturated carbocycles. The molecule has 0 fully saturated rings. The number of hydrogen-bond acceptors (Lipinski definition) is 4. The zero-order valence-corrected chi connectivity index (χ0v) is 23.3. The fourth-order valence-corrected chi connectivity index (χ4v) is 6.53. The lowest BCUT2D eigenvalue weighted by atomic mass is 9.95. The third kappa shape index (κ3) is 3.58. The molecule has 0 radical (unpaired) electrons. The number of rotatable bonds is 2. The van der Waals surface area contributed by atoms with E-state index in [-0.39, 0.29) is 10.9 Å². The van der Waals surface area contributed by atoms with Gasteiger partial charge in [-0.15, -0.1) is 0 Å². The van der Waals surface area contributed by atoms with Crippen molar-refractivity contribution in [2.24, 2.45) is 0 Å². The van der Waals surface area contributed by atoms with E-state index in [0.29, 0.717) is 55.0 Å². The van der Waals surface area contributed by atoms with Crippen LogP contribution in [0.15, 0.2) is 152 Å². The summed E-state index contributed by atoms with van der Waals surface area (Å²) in [6, 6.07) is 43.1. The molecule has 9 rings (SSSR count). The predicted molar refractivity (Wildman–Crippen MR) is 179 cm³/mol. The Bertz CT molecular complexity index is 2770. The van der Waals surface area contributed by atoms with Gasteiger partial charge in [0, 0.05) is 11.1 Å². The van der Waals surface area contributed by atoms with E-state index in [2.05, 4.69) is 54.6 Å². The minimum Gasteiger partial charge on any atom is -0.456 e. The van der Waals surface area contributed by atoms with Gasteiger partial charge in [-0.2, -0.15) is 0 Å². The van der Waals surface area contributed by atoms with E-state index in [4.69, 9.17) is 8.83 Å². The molecule has 0 bridgehead atoms. The van der Waals surface area contributed by atoms with Crippen molar-refractivity contribution in [2.75, 3.05) is 0 Å². The second-order valence-corrected chi connectivity index (χ2v) is 11.2. The van der Waals surface area contributed by atoms with E-state index in [9.17, 15) is 9.59 Å². The zero-order valence-electron chi connectivity index (χ0n) is 23.3. The first-order chi connectivity index (χ1) is 21.6. The lowest BCUT2D eigenvalue weighted by molar-refractivity contribution is 0.659. The minimum absolute atomic E-state index is 0.102. The first-order valence-electron chi connectivity index (χ1n) is 14.5. The van der Waals surface area contributed by atoms with E-state index in [1.165, 1.54) is 16.2 Å². The summed E-state index contributed by atoms with van der Waals surface area (Å²) in [5.74, 6) is 0. The second-order valence-electron chi connectivity index (χ2n) is 11.2. The van der Waals surface area contributed by atoms with E-state index in [1.54, 1.807) is 24.3 Å². The molecular formula is C40H22O4. The number of hydrogen-bond donors (Lipinski definition) is 0. The van der Waals surface area contributed by atoms with Gasteiger partial charge in [0.2, 0.25) is 10.9 Å². The van der Waals surface area contributed by atoms with Gasteiger partial charge in [-0.25, -0.2) is 0 Å². The van der Waals surface area contributed by atoms with Crippen LogP contribution in [0.4, 0.5) is 0 Å². The minimum atomic E-state index is -0.134. The van der Waals surface area contributed by atoms with Crippen LogP contribution in [0, 0.1) is 0 Å². The molecule has 0 aliphatic carbocycles. The van der Waals surface area contributed by atoms with Crippen molar-refractivity contribution in [3.8, 4) is 22.3 Å². The molecule has 7 aromatic carbocycles. The van der Waals surface area contributed by atoms with E-state index >= 15 is 0 Å². The molecule has 0 saturated heterocycles. The molecule has 0 atom stereocenters. The van der Waals surface area contributed by atoms with Crippen LogP contribution in [0.25, 0.3) is 87.7 Å². The summed E-state index contributed by atoms with van der Waals surface area (Å²) in [6.07, 6.45) is 0. The highest BCUT2D eigenvalue weighted by Crippen LogP contribution is 2.36. The van der Waals surface area contributed by atoms with Gasteiger partial charge < -0.3 is 8.83 Å². The quantitative estimate of drug-likeness (QED) is 0.154. The zero-order chi connectivity index (χ0) is 29.4. The molecule has 2 aromatic heterocycles. The Labute approximate surface area is 250 Å². The van der Waals surface area contributed by atoms with Crippen LogP contribution in [0.1, 0.15) is 0 Å². The van der Waals surface area contributed by atoms with Gasteiger partial charge in [0.05, 0.1) is 21.5 Å². The van der Waals surface area contributed by atoms with Crippen LogP contribution in [0.3, 0.4) is 0 Å². The molecule has 0 spiro atoms. The molecule has 0 amide bonds. The van der Waals surface area contributed by atoms with Crippen molar-refractivity contribution in [3.63, 3.8) is 0 Å². The molecule has 4 nitrogen and oxygen atoms in total. The van der Waals surface area contributed by atoms with Crippen LogP contribution < -0.4 is 10.9 Å². The van der Waals surface area contributed by atoms with E-state index in [1.807, 2.05) is 54.6 Å². The van der Waals surface area contributed by atoms with E-state index in [0.717, 1.165) is 16.5 Å². The average Bonchev–Trinajstić information content (AvgIpc) is 3.07. The van der Waals surface area contributed by atoms with Crippen molar-refractivity contribution in [2.45, 2.75) is 0 Å². The highest BCUT2D eigenvalue weighted by atomic mass is 16.3. The molecular weight excluding hydrogens is 544 g/mol. The molecule has 9 aromatic rings. The van der Waals surface area contributed by atoms with Gasteiger partial charge in [0.25, 0.3) is 0 Å². The van der Waals surface area contributed by atoms with Crippen molar-refractivity contribution < 1.29 is 8.83 Å². The Morgan fingerprint density at radius 1 is 0.386 bits per heavy atom. The van der Waals surface area contributed by atoms with E-state index < -0.39 is 0 Å². The van der Waals surface area contributed by atoms with Gasteiger partial charge in [0.1, 0.15) is 22.3 Å². The third-order valence-electron chi connectivity index (χ3n) is 8.67. The van der Waals surface area contributed by atoms with Gasteiger partial charge >= 0.3 is 0 Å². The molecule has 0 aliphatic heterocycles. The maximum absolute atomic E-state index is 14.3. The normalized spacial score (nSPS) is 11.8. The molecule has 0 N–H and O–H groups in total. The summed E-state index contributed by atoms with van der Waals surface area (Å²) >= 11 is 0. The van der Waals surface area contributed by atoms with Crippen molar-refractivity contribution in [1.82, 2.24) is 0 Å².